The van der Waals surface area contributed by atoms with Crippen molar-refractivity contribution in [2.24, 2.45) is 0 Å². The van der Waals surface area contributed by atoms with Gasteiger partial charge in [0.2, 0.25) is 0 Å². The second-order valence-electron chi connectivity index (χ2n) is 5.86. The van der Waals surface area contributed by atoms with Gasteiger partial charge < -0.3 is 15.2 Å². The molecule has 0 radical (unpaired) electrons. The molecule has 0 unspecified atom stereocenters. The second-order valence-corrected chi connectivity index (χ2v) is 5.86. The number of carbonyl (C=O) groups is 2. The number of nitrogens with one attached hydrogen (secondary N) is 2. The minimum absolute atomic E-state index is 0.209. The summed E-state index contributed by atoms with van der Waals surface area (Å²) in [6.45, 7) is 1.25. The molecule has 1 aliphatic rings. The number of carbonyl (C=O) groups excluding carboxylic acids is 2. The summed E-state index contributed by atoms with van der Waals surface area (Å²) >= 11 is 0. The molecule has 0 fully saturated rings. The average Bonchev–Trinajstić information content (AvgIpc) is 2.86. The van der Waals surface area contributed by atoms with Gasteiger partial charge in [-0.1, -0.05) is 6.07 Å². The number of imidazole rings is 1. The molecule has 0 saturated heterocycles. The molecule has 2 aromatic carbocycles. The molecule has 2 N–H and O–H groups in total. The van der Waals surface area contributed by atoms with Crippen LogP contribution in [-0.2, 0) is 6.54 Å². The summed E-state index contributed by atoms with van der Waals surface area (Å²) in [5.74, 6) is -0.615. The molecule has 1 aliphatic heterocycles. The summed E-state index contributed by atoms with van der Waals surface area (Å²) in [5.41, 5.74) is 2.20. The molecule has 0 atom stereocenters. The third-order valence-electron chi connectivity index (χ3n) is 4.14. The Hall–Kier alpha value is -3.22. The quantitative estimate of drug-likeness (QED) is 0.754. The van der Waals surface area contributed by atoms with E-state index in [2.05, 4.69) is 15.6 Å². The summed E-state index contributed by atoms with van der Waals surface area (Å²) in [5, 5.41) is 5.47. The number of aryl methyl sites for hydroxylation is 1. The zero-order valence-electron chi connectivity index (χ0n) is 13.3. The van der Waals surface area contributed by atoms with Gasteiger partial charge in [0.1, 0.15) is 5.82 Å². The maximum absolute atomic E-state index is 13.2. The van der Waals surface area contributed by atoms with Crippen LogP contribution in [0.25, 0.3) is 11.0 Å². The normalized spacial score (nSPS) is 13.9. The van der Waals surface area contributed by atoms with E-state index >= 15 is 0 Å². The Bertz CT molecular complexity index is 996. The molecule has 126 valence electrons. The van der Waals surface area contributed by atoms with E-state index < -0.39 is 5.82 Å². The van der Waals surface area contributed by atoms with E-state index in [-0.39, 0.29) is 11.8 Å². The van der Waals surface area contributed by atoms with Gasteiger partial charge in [0.05, 0.1) is 11.0 Å². The fourth-order valence-electron chi connectivity index (χ4n) is 2.95. The maximum atomic E-state index is 13.2. The smallest absolute Gasteiger partial charge is 0.287 e. The molecule has 4 rings (SSSR count). The Labute approximate surface area is 142 Å². The topological polar surface area (TPSA) is 76.0 Å². The predicted octanol–water partition coefficient (Wildman–Crippen LogP) is 2.56. The van der Waals surface area contributed by atoms with Crippen molar-refractivity contribution in [3.8, 4) is 0 Å². The molecule has 1 aromatic heterocycles. The highest BCUT2D eigenvalue weighted by molar-refractivity contribution is 6.06. The molecular formula is C18H15FN4O2. The van der Waals surface area contributed by atoms with Crippen molar-refractivity contribution >= 4 is 28.5 Å². The van der Waals surface area contributed by atoms with E-state index in [9.17, 15) is 14.0 Å². The number of halogens is 1. The SMILES string of the molecule is O=C(Nc1cccc(F)c1)c1ccc2nc3n(c2c1)CCCNC3=O. The van der Waals surface area contributed by atoms with Gasteiger partial charge in [0.15, 0.2) is 5.82 Å². The van der Waals surface area contributed by atoms with Gasteiger partial charge in [-0.25, -0.2) is 9.37 Å². The van der Waals surface area contributed by atoms with Crippen molar-refractivity contribution in [1.29, 1.82) is 0 Å². The monoisotopic (exact) mass is 338 g/mol. The zero-order valence-corrected chi connectivity index (χ0v) is 13.3. The van der Waals surface area contributed by atoms with Crippen LogP contribution in [0.4, 0.5) is 10.1 Å². The lowest BCUT2D eigenvalue weighted by molar-refractivity contribution is 0.0945. The molecule has 2 amide bonds. The van der Waals surface area contributed by atoms with Gasteiger partial charge in [-0.05, 0) is 42.8 Å². The molecule has 0 bridgehead atoms. The number of hydrogen-bond acceptors (Lipinski definition) is 3. The van der Waals surface area contributed by atoms with E-state index in [4.69, 9.17) is 0 Å². The molecule has 6 nitrogen and oxygen atoms in total. The molecule has 0 aliphatic carbocycles. The third kappa shape index (κ3) is 2.84. The summed E-state index contributed by atoms with van der Waals surface area (Å²) in [4.78, 5) is 28.9. The predicted molar refractivity (Wildman–Crippen MR) is 91.0 cm³/mol. The van der Waals surface area contributed by atoms with Crippen LogP contribution in [-0.4, -0.2) is 27.9 Å². The lowest BCUT2D eigenvalue weighted by Crippen LogP contribution is -2.23. The first-order valence-electron chi connectivity index (χ1n) is 7.97. The molecule has 7 heteroatoms. The minimum atomic E-state index is -0.416. The van der Waals surface area contributed by atoms with Gasteiger partial charge in [0.25, 0.3) is 11.8 Å². The standard InChI is InChI=1S/C18H15FN4O2/c19-12-3-1-4-13(10-12)21-17(24)11-5-6-14-15(9-11)23-8-2-7-20-18(25)16(23)22-14/h1,3-6,9-10H,2,7-8H2,(H,20,25)(H,21,24). The number of anilines is 1. The molecular weight excluding hydrogens is 323 g/mol. The largest absolute Gasteiger partial charge is 0.349 e. The third-order valence-corrected chi connectivity index (χ3v) is 4.14. The van der Waals surface area contributed by atoms with Crippen LogP contribution in [0.5, 0.6) is 0 Å². The van der Waals surface area contributed by atoms with Gasteiger partial charge >= 0.3 is 0 Å². The highest BCUT2D eigenvalue weighted by atomic mass is 19.1. The van der Waals surface area contributed by atoms with Gasteiger partial charge in [-0.3, -0.25) is 9.59 Å². The van der Waals surface area contributed by atoms with Crippen molar-refractivity contribution in [3.05, 3.63) is 59.7 Å². The van der Waals surface area contributed by atoms with Crippen LogP contribution in [0, 0.1) is 5.82 Å². The van der Waals surface area contributed by atoms with Gasteiger partial charge in [-0.2, -0.15) is 0 Å². The Kier molecular flexibility index (Phi) is 3.68. The lowest BCUT2D eigenvalue weighted by atomic mass is 10.1. The van der Waals surface area contributed by atoms with E-state index in [1.807, 2.05) is 4.57 Å². The number of nitrogens with zero attached hydrogens (tertiary/aromatic N) is 2. The number of fused-ring (bicyclic) bond motifs is 3. The first-order valence-corrected chi connectivity index (χ1v) is 7.97. The van der Waals surface area contributed by atoms with Gasteiger partial charge in [0, 0.05) is 24.3 Å². The maximum Gasteiger partial charge on any atom is 0.287 e. The number of benzene rings is 2. The van der Waals surface area contributed by atoms with Crippen LogP contribution in [0.3, 0.4) is 0 Å². The fourth-order valence-corrected chi connectivity index (χ4v) is 2.95. The number of rotatable bonds is 2. The summed E-state index contributed by atoms with van der Waals surface area (Å²) in [6, 6.07) is 10.8. The lowest BCUT2D eigenvalue weighted by Gasteiger charge is -2.07. The first-order chi connectivity index (χ1) is 12.1. The Balaban J connectivity index is 1.70. The Morgan fingerprint density at radius 1 is 1.24 bits per heavy atom. The second kappa shape index (κ2) is 6.01. The van der Waals surface area contributed by atoms with Crippen molar-refractivity contribution in [1.82, 2.24) is 14.9 Å². The molecule has 2 heterocycles. The summed E-state index contributed by atoms with van der Waals surface area (Å²) in [7, 11) is 0. The highest BCUT2D eigenvalue weighted by Crippen LogP contribution is 2.21. The van der Waals surface area contributed by atoms with Crippen molar-refractivity contribution in [2.75, 3.05) is 11.9 Å². The van der Waals surface area contributed by atoms with Crippen LogP contribution >= 0.6 is 0 Å². The zero-order chi connectivity index (χ0) is 17.4. The molecule has 0 saturated carbocycles. The van der Waals surface area contributed by atoms with E-state index in [0.717, 1.165) is 11.9 Å². The van der Waals surface area contributed by atoms with E-state index in [1.165, 1.54) is 18.2 Å². The van der Waals surface area contributed by atoms with Crippen LogP contribution in [0.1, 0.15) is 27.4 Å². The Morgan fingerprint density at radius 2 is 2.12 bits per heavy atom. The highest BCUT2D eigenvalue weighted by Gasteiger charge is 2.20. The molecule has 3 aromatic rings. The number of amides is 2. The number of aromatic nitrogens is 2. The average molecular weight is 338 g/mol. The van der Waals surface area contributed by atoms with Crippen LogP contribution < -0.4 is 10.6 Å². The van der Waals surface area contributed by atoms with E-state index in [1.54, 1.807) is 24.3 Å². The van der Waals surface area contributed by atoms with E-state index in [0.29, 0.717) is 35.7 Å². The summed E-state index contributed by atoms with van der Waals surface area (Å²) < 4.78 is 15.1. The van der Waals surface area contributed by atoms with Crippen molar-refractivity contribution in [2.45, 2.75) is 13.0 Å². The Morgan fingerprint density at radius 3 is 2.96 bits per heavy atom. The number of hydrogen-bond donors (Lipinski definition) is 2. The van der Waals surface area contributed by atoms with Crippen molar-refractivity contribution in [3.63, 3.8) is 0 Å². The minimum Gasteiger partial charge on any atom is -0.349 e. The fraction of sp³-hybridized carbons (Fsp3) is 0.167. The van der Waals surface area contributed by atoms with Crippen molar-refractivity contribution < 1.29 is 14.0 Å². The van der Waals surface area contributed by atoms with Crippen LogP contribution in [0.2, 0.25) is 0 Å². The molecule has 0 spiro atoms. The molecule has 25 heavy (non-hydrogen) atoms. The van der Waals surface area contributed by atoms with Crippen LogP contribution in [0.15, 0.2) is 42.5 Å². The summed E-state index contributed by atoms with van der Waals surface area (Å²) in [6.07, 6.45) is 0.796. The first kappa shape index (κ1) is 15.3. The van der Waals surface area contributed by atoms with Gasteiger partial charge in [-0.15, -0.1) is 0 Å².